The Morgan fingerprint density at radius 1 is 1.50 bits per heavy atom. The molecule has 0 aromatic carbocycles. The molecule has 0 aliphatic rings. The zero-order valence-electron chi connectivity index (χ0n) is 11.4. The van der Waals surface area contributed by atoms with Crippen LogP contribution in [0.5, 0.6) is 0 Å². The van der Waals surface area contributed by atoms with Crippen LogP contribution in [0.3, 0.4) is 0 Å². The zero-order valence-corrected chi connectivity index (χ0v) is 12.2. The molecule has 1 heterocycles. The Bertz CT molecular complexity index is 385. The van der Waals surface area contributed by atoms with Gasteiger partial charge in [0.25, 0.3) is 0 Å². The molecule has 1 aromatic rings. The van der Waals surface area contributed by atoms with Crippen molar-refractivity contribution in [2.24, 2.45) is 0 Å². The number of anilines is 1. The predicted octanol–water partition coefficient (Wildman–Crippen LogP) is 2.85. The summed E-state index contributed by atoms with van der Waals surface area (Å²) in [4.78, 5) is 11.5. The average Bonchev–Trinajstić information content (AvgIpc) is 2.72. The number of urea groups is 1. The minimum atomic E-state index is -0.245. The van der Waals surface area contributed by atoms with Gasteiger partial charge < -0.3 is 9.84 Å². The molecule has 2 N–H and O–H groups in total. The Hall–Kier alpha value is -1.17. The van der Waals surface area contributed by atoms with Crippen molar-refractivity contribution < 1.29 is 9.32 Å². The molecule has 0 spiro atoms. The number of hydrogen-bond donors (Lipinski definition) is 2. The fraction of sp³-hybridized carbons (Fsp3) is 0.667. The van der Waals surface area contributed by atoms with Crippen LogP contribution in [-0.2, 0) is 5.41 Å². The largest absolute Gasteiger partial charge is 0.359 e. The lowest BCUT2D eigenvalue weighted by Gasteiger charge is -2.12. The summed E-state index contributed by atoms with van der Waals surface area (Å²) in [5, 5.41) is 9.23. The molecule has 0 saturated heterocycles. The first kappa shape index (κ1) is 14.9. The van der Waals surface area contributed by atoms with Crippen LogP contribution in [-0.4, -0.2) is 29.7 Å². The molecule has 0 bridgehead atoms. The molecule has 5 nitrogen and oxygen atoms in total. The Morgan fingerprint density at radius 2 is 2.22 bits per heavy atom. The predicted molar refractivity (Wildman–Crippen MR) is 75.2 cm³/mol. The van der Waals surface area contributed by atoms with Crippen LogP contribution in [0.25, 0.3) is 0 Å². The van der Waals surface area contributed by atoms with Gasteiger partial charge in [-0.1, -0.05) is 25.9 Å². The van der Waals surface area contributed by atoms with Gasteiger partial charge in [-0.05, 0) is 18.4 Å². The lowest BCUT2D eigenvalue weighted by atomic mass is 9.93. The van der Waals surface area contributed by atoms with Gasteiger partial charge in [0.1, 0.15) is 5.76 Å². The van der Waals surface area contributed by atoms with Crippen molar-refractivity contribution in [1.29, 1.82) is 0 Å². The second kappa shape index (κ2) is 6.68. The van der Waals surface area contributed by atoms with Crippen LogP contribution in [0.4, 0.5) is 10.6 Å². The van der Waals surface area contributed by atoms with E-state index in [0.29, 0.717) is 12.4 Å². The Labute approximate surface area is 112 Å². The smallest absolute Gasteiger partial charge is 0.320 e. The van der Waals surface area contributed by atoms with Crippen LogP contribution in [0.15, 0.2) is 10.6 Å². The van der Waals surface area contributed by atoms with Crippen molar-refractivity contribution in [3.05, 3.63) is 11.8 Å². The highest BCUT2D eigenvalue weighted by atomic mass is 32.2. The number of hydrogen-bond acceptors (Lipinski definition) is 4. The molecule has 0 aliphatic heterocycles. The third kappa shape index (κ3) is 5.00. The fourth-order valence-electron chi connectivity index (χ4n) is 1.27. The number of carbonyl (C=O) groups is 1. The van der Waals surface area contributed by atoms with E-state index >= 15 is 0 Å². The minimum Gasteiger partial charge on any atom is -0.359 e. The maximum Gasteiger partial charge on any atom is 0.320 e. The maximum atomic E-state index is 11.5. The first-order chi connectivity index (χ1) is 8.43. The van der Waals surface area contributed by atoms with Gasteiger partial charge in [-0.25, -0.2) is 4.79 Å². The first-order valence-electron chi connectivity index (χ1n) is 5.94. The summed E-state index contributed by atoms with van der Waals surface area (Å²) in [6.45, 7) is 6.75. The van der Waals surface area contributed by atoms with Gasteiger partial charge in [-0.2, -0.15) is 11.8 Å². The number of aromatic nitrogens is 1. The van der Waals surface area contributed by atoms with Crippen LogP contribution >= 0.6 is 11.8 Å². The van der Waals surface area contributed by atoms with E-state index in [1.54, 1.807) is 17.8 Å². The van der Waals surface area contributed by atoms with Crippen molar-refractivity contribution in [1.82, 2.24) is 10.5 Å². The first-order valence-corrected chi connectivity index (χ1v) is 7.34. The molecule has 0 aliphatic carbocycles. The van der Waals surface area contributed by atoms with Crippen molar-refractivity contribution in [3.8, 4) is 0 Å². The minimum absolute atomic E-state index is 0.109. The summed E-state index contributed by atoms with van der Waals surface area (Å²) in [6, 6.07) is 1.51. The van der Waals surface area contributed by atoms with Crippen LogP contribution < -0.4 is 10.6 Å². The average molecular weight is 271 g/mol. The number of rotatable bonds is 5. The van der Waals surface area contributed by atoms with Gasteiger partial charge in [-0.3, -0.25) is 5.32 Å². The van der Waals surface area contributed by atoms with E-state index < -0.39 is 0 Å². The molecule has 0 radical (unpaired) electrons. The summed E-state index contributed by atoms with van der Waals surface area (Å²) in [5.74, 6) is 2.24. The van der Waals surface area contributed by atoms with Crippen molar-refractivity contribution >= 4 is 23.6 Å². The molecule has 0 unspecified atom stereocenters. The van der Waals surface area contributed by atoms with E-state index in [2.05, 4.69) is 15.8 Å². The highest BCUT2D eigenvalue weighted by Gasteiger charge is 2.20. The highest BCUT2D eigenvalue weighted by Crippen LogP contribution is 2.24. The van der Waals surface area contributed by atoms with Gasteiger partial charge >= 0.3 is 6.03 Å². The number of nitrogens with one attached hydrogen (secondary N) is 2. The second-order valence-corrected chi connectivity index (χ2v) is 6.04. The number of carbonyl (C=O) groups excluding carboxylic acids is 1. The summed E-state index contributed by atoms with van der Waals surface area (Å²) in [5.41, 5.74) is -0.109. The maximum absolute atomic E-state index is 11.5. The summed E-state index contributed by atoms with van der Waals surface area (Å²) in [7, 11) is 0. The third-order valence-electron chi connectivity index (χ3n) is 2.30. The quantitative estimate of drug-likeness (QED) is 0.808. The summed E-state index contributed by atoms with van der Waals surface area (Å²) < 4.78 is 5.18. The number of thioether (sulfide) groups is 1. The summed E-state index contributed by atoms with van der Waals surface area (Å²) in [6.07, 6.45) is 3.00. The molecule has 102 valence electrons. The summed E-state index contributed by atoms with van der Waals surface area (Å²) >= 11 is 1.76. The van der Waals surface area contributed by atoms with Crippen LogP contribution in [0.1, 0.15) is 33.0 Å². The monoisotopic (exact) mass is 271 g/mol. The van der Waals surface area contributed by atoms with E-state index in [4.69, 9.17) is 4.52 Å². The van der Waals surface area contributed by atoms with E-state index in [0.717, 1.165) is 17.9 Å². The molecular weight excluding hydrogens is 250 g/mol. The topological polar surface area (TPSA) is 67.2 Å². The lowest BCUT2D eigenvalue weighted by Crippen LogP contribution is -2.29. The van der Waals surface area contributed by atoms with E-state index in [-0.39, 0.29) is 11.4 Å². The van der Waals surface area contributed by atoms with Gasteiger partial charge in [0, 0.05) is 18.0 Å². The Kier molecular flexibility index (Phi) is 5.53. The second-order valence-electron chi connectivity index (χ2n) is 5.05. The van der Waals surface area contributed by atoms with Gasteiger partial charge in [0.05, 0.1) is 0 Å². The molecular formula is C12H21N3O2S. The van der Waals surface area contributed by atoms with Crippen LogP contribution in [0, 0.1) is 0 Å². The molecule has 2 amide bonds. The molecule has 18 heavy (non-hydrogen) atoms. The molecule has 6 heteroatoms. The number of amides is 2. The molecule has 0 fully saturated rings. The van der Waals surface area contributed by atoms with Crippen molar-refractivity contribution in [2.45, 2.75) is 32.6 Å². The van der Waals surface area contributed by atoms with E-state index in [9.17, 15) is 4.79 Å². The molecule has 0 saturated carbocycles. The SMILES string of the molecule is CSCCCNC(=O)Nc1cc(C(C)(C)C)on1. The van der Waals surface area contributed by atoms with Crippen molar-refractivity contribution in [3.63, 3.8) is 0 Å². The molecule has 1 rings (SSSR count). The normalized spacial score (nSPS) is 11.3. The van der Waals surface area contributed by atoms with Gasteiger partial charge in [-0.15, -0.1) is 0 Å². The lowest BCUT2D eigenvalue weighted by molar-refractivity contribution is 0.252. The third-order valence-corrected chi connectivity index (χ3v) is 3.00. The Balaban J connectivity index is 2.38. The molecule has 0 atom stereocenters. The zero-order chi connectivity index (χ0) is 13.6. The van der Waals surface area contributed by atoms with E-state index in [1.165, 1.54) is 0 Å². The van der Waals surface area contributed by atoms with Gasteiger partial charge in [0.15, 0.2) is 5.82 Å². The van der Waals surface area contributed by atoms with E-state index in [1.807, 2.05) is 27.0 Å². The fourth-order valence-corrected chi connectivity index (χ4v) is 1.70. The van der Waals surface area contributed by atoms with Gasteiger partial charge in [0.2, 0.25) is 0 Å². The molecule has 1 aromatic heterocycles. The van der Waals surface area contributed by atoms with Crippen LogP contribution in [0.2, 0.25) is 0 Å². The highest BCUT2D eigenvalue weighted by molar-refractivity contribution is 7.98. The standard InChI is InChI=1S/C12H21N3O2S/c1-12(2,3)9-8-10(15-17-9)14-11(16)13-6-5-7-18-4/h8H,5-7H2,1-4H3,(H2,13,14,15,16). The number of nitrogens with zero attached hydrogens (tertiary/aromatic N) is 1. The Morgan fingerprint density at radius 3 is 2.78 bits per heavy atom. The van der Waals surface area contributed by atoms with Crippen molar-refractivity contribution in [2.75, 3.05) is 23.9 Å².